The summed E-state index contributed by atoms with van der Waals surface area (Å²) in [6, 6.07) is 0. The van der Waals surface area contributed by atoms with E-state index in [1.165, 1.54) is 6.42 Å². The van der Waals surface area contributed by atoms with Gasteiger partial charge in [0.15, 0.2) is 0 Å². The molecule has 0 amide bonds. The second-order valence-corrected chi connectivity index (χ2v) is 4.29. The predicted octanol–water partition coefficient (Wildman–Crippen LogP) is 0.770. The lowest BCUT2D eigenvalue weighted by atomic mass is 10.1. The molecule has 1 aromatic heterocycles. The Balaban J connectivity index is 2.17. The third kappa shape index (κ3) is 2.41. The summed E-state index contributed by atoms with van der Waals surface area (Å²) >= 11 is 0. The summed E-state index contributed by atoms with van der Waals surface area (Å²) in [5, 5.41) is 9.65. The van der Waals surface area contributed by atoms with Gasteiger partial charge in [-0.3, -0.25) is 9.69 Å². The molecule has 88 valence electrons. The average Bonchev–Trinajstić information content (AvgIpc) is 2.25. The summed E-state index contributed by atoms with van der Waals surface area (Å²) in [6.07, 6.45) is 3.58. The van der Waals surface area contributed by atoms with Crippen LogP contribution in [0.4, 0.5) is 0 Å². The molecule has 0 bridgehead atoms. The molecule has 2 heterocycles. The molecule has 1 aliphatic rings. The lowest BCUT2D eigenvalue weighted by Crippen LogP contribution is -2.32. The first kappa shape index (κ1) is 11.1. The van der Waals surface area contributed by atoms with Crippen molar-refractivity contribution >= 4 is 0 Å². The molecule has 1 aromatic rings. The molecule has 5 heteroatoms. The van der Waals surface area contributed by atoms with Crippen molar-refractivity contribution in [2.75, 3.05) is 13.1 Å². The zero-order chi connectivity index (χ0) is 11.5. The van der Waals surface area contributed by atoms with Crippen LogP contribution in [0.5, 0.6) is 5.88 Å². The standard InChI is InChI=1S/C11H17N3O2/c1-8-12-10(15)9(11(16)13-8)7-14-5-3-2-4-6-14/h2-7H2,1H3,(H2,12,13,15,16). The van der Waals surface area contributed by atoms with E-state index in [0.717, 1.165) is 25.9 Å². The second-order valence-electron chi connectivity index (χ2n) is 4.29. The van der Waals surface area contributed by atoms with E-state index in [-0.39, 0.29) is 11.4 Å². The maximum absolute atomic E-state index is 11.7. The largest absolute Gasteiger partial charge is 0.493 e. The minimum Gasteiger partial charge on any atom is -0.493 e. The molecule has 16 heavy (non-hydrogen) atoms. The number of likely N-dealkylation sites (tertiary alicyclic amines) is 1. The Bertz CT molecular complexity index is 422. The number of aromatic amines is 1. The molecule has 1 aliphatic heterocycles. The van der Waals surface area contributed by atoms with Gasteiger partial charge in [-0.1, -0.05) is 6.42 Å². The fourth-order valence-electron chi connectivity index (χ4n) is 2.08. The smallest absolute Gasteiger partial charge is 0.259 e. The highest BCUT2D eigenvalue weighted by Crippen LogP contribution is 2.15. The minimum absolute atomic E-state index is 0.133. The first-order chi connectivity index (χ1) is 7.66. The van der Waals surface area contributed by atoms with Crippen LogP contribution < -0.4 is 5.56 Å². The van der Waals surface area contributed by atoms with Crippen molar-refractivity contribution in [2.45, 2.75) is 32.7 Å². The van der Waals surface area contributed by atoms with Crippen molar-refractivity contribution in [2.24, 2.45) is 0 Å². The normalized spacial score (nSPS) is 17.6. The second kappa shape index (κ2) is 4.65. The fraction of sp³-hybridized carbons (Fsp3) is 0.636. The van der Waals surface area contributed by atoms with Crippen LogP contribution >= 0.6 is 0 Å². The fourth-order valence-corrected chi connectivity index (χ4v) is 2.08. The quantitative estimate of drug-likeness (QED) is 0.777. The van der Waals surface area contributed by atoms with Crippen molar-refractivity contribution in [3.05, 3.63) is 21.7 Å². The summed E-state index contributed by atoms with van der Waals surface area (Å²) < 4.78 is 0. The molecule has 0 aliphatic carbocycles. The molecular weight excluding hydrogens is 206 g/mol. The zero-order valence-electron chi connectivity index (χ0n) is 9.49. The van der Waals surface area contributed by atoms with Gasteiger partial charge >= 0.3 is 0 Å². The van der Waals surface area contributed by atoms with Crippen molar-refractivity contribution < 1.29 is 5.11 Å². The highest BCUT2D eigenvalue weighted by atomic mass is 16.3. The predicted molar refractivity (Wildman–Crippen MR) is 60.4 cm³/mol. The molecule has 5 nitrogen and oxygen atoms in total. The van der Waals surface area contributed by atoms with E-state index in [1.807, 2.05) is 0 Å². The van der Waals surface area contributed by atoms with Crippen molar-refractivity contribution in [1.82, 2.24) is 14.9 Å². The summed E-state index contributed by atoms with van der Waals surface area (Å²) in [6.45, 7) is 4.14. The van der Waals surface area contributed by atoms with Crippen LogP contribution in [0.1, 0.15) is 30.7 Å². The monoisotopic (exact) mass is 223 g/mol. The van der Waals surface area contributed by atoms with Crippen LogP contribution in [0.25, 0.3) is 0 Å². The van der Waals surface area contributed by atoms with Gasteiger partial charge < -0.3 is 10.1 Å². The Morgan fingerprint density at radius 2 is 2.06 bits per heavy atom. The first-order valence-electron chi connectivity index (χ1n) is 5.68. The molecule has 2 rings (SSSR count). The minimum atomic E-state index is -0.226. The molecule has 1 saturated heterocycles. The Kier molecular flexibility index (Phi) is 3.24. The van der Waals surface area contributed by atoms with E-state index in [4.69, 9.17) is 0 Å². The van der Waals surface area contributed by atoms with E-state index >= 15 is 0 Å². The van der Waals surface area contributed by atoms with Crippen LogP contribution in [0.3, 0.4) is 0 Å². The number of aromatic hydroxyl groups is 1. The number of rotatable bonds is 2. The van der Waals surface area contributed by atoms with Gasteiger partial charge in [-0.15, -0.1) is 0 Å². The molecular formula is C11H17N3O2. The maximum Gasteiger partial charge on any atom is 0.259 e. The first-order valence-corrected chi connectivity index (χ1v) is 5.68. The van der Waals surface area contributed by atoms with Crippen LogP contribution in [0.15, 0.2) is 4.79 Å². The Morgan fingerprint density at radius 1 is 1.38 bits per heavy atom. The summed E-state index contributed by atoms with van der Waals surface area (Å²) in [5.41, 5.74) is 0.156. The van der Waals surface area contributed by atoms with E-state index < -0.39 is 0 Å². The van der Waals surface area contributed by atoms with Gasteiger partial charge in [0.05, 0.1) is 5.56 Å². The Labute approximate surface area is 94.1 Å². The van der Waals surface area contributed by atoms with Gasteiger partial charge in [-0.05, 0) is 32.9 Å². The van der Waals surface area contributed by atoms with E-state index in [9.17, 15) is 9.90 Å². The molecule has 0 unspecified atom stereocenters. The average molecular weight is 223 g/mol. The Morgan fingerprint density at radius 3 is 2.69 bits per heavy atom. The van der Waals surface area contributed by atoms with Crippen LogP contribution in [-0.4, -0.2) is 33.1 Å². The molecule has 0 radical (unpaired) electrons. The van der Waals surface area contributed by atoms with Gasteiger partial charge in [-0.25, -0.2) is 4.98 Å². The molecule has 2 N–H and O–H groups in total. The molecule has 0 atom stereocenters. The molecule has 0 saturated carbocycles. The molecule has 1 fully saturated rings. The highest BCUT2D eigenvalue weighted by Gasteiger charge is 2.16. The SMILES string of the molecule is Cc1nc(O)c(CN2CCCCC2)c(=O)[nH]1. The highest BCUT2D eigenvalue weighted by molar-refractivity contribution is 5.22. The number of hydrogen-bond donors (Lipinski definition) is 2. The Hall–Kier alpha value is -1.36. The van der Waals surface area contributed by atoms with Gasteiger partial charge in [0.25, 0.3) is 5.56 Å². The number of aromatic nitrogens is 2. The number of hydrogen-bond acceptors (Lipinski definition) is 4. The van der Waals surface area contributed by atoms with Crippen molar-refractivity contribution in [3.63, 3.8) is 0 Å². The van der Waals surface area contributed by atoms with E-state index in [0.29, 0.717) is 17.9 Å². The summed E-state index contributed by atoms with van der Waals surface area (Å²) in [4.78, 5) is 20.3. The third-order valence-electron chi connectivity index (χ3n) is 2.94. The lowest BCUT2D eigenvalue weighted by molar-refractivity contribution is 0.217. The number of H-pyrrole nitrogens is 1. The van der Waals surface area contributed by atoms with Crippen molar-refractivity contribution in [1.29, 1.82) is 0 Å². The van der Waals surface area contributed by atoms with Gasteiger partial charge in [0, 0.05) is 6.54 Å². The van der Waals surface area contributed by atoms with Gasteiger partial charge in [0.2, 0.25) is 5.88 Å². The number of nitrogens with zero attached hydrogens (tertiary/aromatic N) is 2. The van der Waals surface area contributed by atoms with Crippen LogP contribution in [0.2, 0.25) is 0 Å². The topological polar surface area (TPSA) is 69.2 Å². The van der Waals surface area contributed by atoms with Crippen LogP contribution in [-0.2, 0) is 6.54 Å². The van der Waals surface area contributed by atoms with Crippen LogP contribution in [0, 0.1) is 6.92 Å². The van der Waals surface area contributed by atoms with E-state index in [1.54, 1.807) is 6.92 Å². The number of aryl methyl sites for hydroxylation is 1. The van der Waals surface area contributed by atoms with Gasteiger partial charge in [0.1, 0.15) is 5.82 Å². The zero-order valence-corrected chi connectivity index (χ0v) is 9.49. The van der Waals surface area contributed by atoms with Crippen molar-refractivity contribution in [3.8, 4) is 5.88 Å². The molecule has 0 aromatic carbocycles. The summed E-state index contributed by atoms with van der Waals surface area (Å²) in [7, 11) is 0. The summed E-state index contributed by atoms with van der Waals surface area (Å²) in [5.74, 6) is 0.316. The number of nitrogens with one attached hydrogen (secondary N) is 1. The molecule has 0 spiro atoms. The number of piperidine rings is 1. The third-order valence-corrected chi connectivity index (χ3v) is 2.94. The lowest BCUT2D eigenvalue weighted by Gasteiger charge is -2.26. The van der Waals surface area contributed by atoms with Gasteiger partial charge in [-0.2, -0.15) is 0 Å². The maximum atomic E-state index is 11.7. The van der Waals surface area contributed by atoms with E-state index in [2.05, 4.69) is 14.9 Å².